The van der Waals surface area contributed by atoms with E-state index in [2.05, 4.69) is 19.1 Å². The average molecular weight is 553 g/mol. The number of ether oxygens (including phenoxy) is 4. The molecule has 1 aromatic heterocycles. The Kier molecular flexibility index (Phi) is 9.35. The molecule has 9 heteroatoms. The van der Waals surface area contributed by atoms with Gasteiger partial charge in [-0.2, -0.15) is 0 Å². The number of nitrogens with zero attached hydrogens (tertiary/aromatic N) is 2. The van der Waals surface area contributed by atoms with Gasteiger partial charge in [-0.05, 0) is 67.3 Å². The summed E-state index contributed by atoms with van der Waals surface area (Å²) in [5.41, 5.74) is 1.50. The highest BCUT2D eigenvalue weighted by Crippen LogP contribution is 2.33. The maximum absolute atomic E-state index is 13.8. The molecule has 0 saturated carbocycles. The second kappa shape index (κ2) is 12.9. The Morgan fingerprint density at radius 1 is 0.949 bits per heavy atom. The van der Waals surface area contributed by atoms with Crippen molar-refractivity contribution in [2.24, 2.45) is 5.92 Å². The fourth-order valence-corrected chi connectivity index (χ4v) is 5.39. The van der Waals surface area contributed by atoms with Gasteiger partial charge >= 0.3 is 0 Å². The molecule has 0 bridgehead atoms. The van der Waals surface area contributed by atoms with Gasteiger partial charge in [-0.25, -0.2) is 0 Å². The van der Waals surface area contributed by atoms with Gasteiger partial charge in [0.2, 0.25) is 12.7 Å². The lowest BCUT2D eigenvalue weighted by Gasteiger charge is -2.29. The molecule has 3 aromatic rings. The maximum atomic E-state index is 13.8. The highest BCUT2D eigenvalue weighted by molar-refractivity contribution is 7.11. The summed E-state index contributed by atoms with van der Waals surface area (Å²) < 4.78 is 21.6. The topological polar surface area (TPSA) is 77.5 Å². The average Bonchev–Trinajstić information content (AvgIpc) is 3.57. The number of thiophene rings is 1. The molecule has 8 nitrogen and oxygen atoms in total. The number of amides is 2. The number of carbonyl (C=O) groups is 2. The summed E-state index contributed by atoms with van der Waals surface area (Å²) in [6.45, 7) is 7.69. The Labute approximate surface area is 234 Å². The molecule has 4 rings (SSSR count). The first kappa shape index (κ1) is 28.3. The largest absolute Gasteiger partial charge is 0.493 e. The minimum absolute atomic E-state index is 0.0122. The number of methoxy groups -OCH3 is 2. The van der Waals surface area contributed by atoms with Crippen molar-refractivity contribution >= 4 is 23.2 Å². The van der Waals surface area contributed by atoms with Crippen LogP contribution in [-0.2, 0) is 17.8 Å². The molecule has 208 valence electrons. The summed E-state index contributed by atoms with van der Waals surface area (Å²) in [6, 6.07) is 15.0. The lowest BCUT2D eigenvalue weighted by molar-refractivity contribution is -0.132. The second-order valence-corrected chi connectivity index (χ2v) is 11.3. The predicted molar refractivity (Wildman–Crippen MR) is 151 cm³/mol. The minimum Gasteiger partial charge on any atom is -0.493 e. The zero-order valence-corrected chi connectivity index (χ0v) is 24.0. The predicted octanol–water partition coefficient (Wildman–Crippen LogP) is 5.17. The number of benzene rings is 2. The molecule has 0 unspecified atom stereocenters. The van der Waals surface area contributed by atoms with Crippen molar-refractivity contribution in [1.29, 1.82) is 0 Å². The van der Waals surface area contributed by atoms with Crippen molar-refractivity contribution in [3.8, 4) is 23.0 Å². The first-order valence-electron chi connectivity index (χ1n) is 13.0. The van der Waals surface area contributed by atoms with Gasteiger partial charge in [-0.3, -0.25) is 9.59 Å². The van der Waals surface area contributed by atoms with E-state index in [1.807, 2.05) is 36.9 Å². The van der Waals surface area contributed by atoms with E-state index in [-0.39, 0.29) is 31.1 Å². The number of hydrogen-bond donors (Lipinski definition) is 0. The lowest BCUT2D eigenvalue weighted by atomic mass is 10.1. The normalized spacial score (nSPS) is 11.9. The number of rotatable bonds is 12. The fraction of sp³-hybridized carbons (Fsp3) is 0.400. The van der Waals surface area contributed by atoms with Crippen LogP contribution in [0.25, 0.3) is 0 Å². The van der Waals surface area contributed by atoms with Crippen molar-refractivity contribution in [1.82, 2.24) is 9.80 Å². The molecule has 0 spiro atoms. The fourth-order valence-electron chi connectivity index (χ4n) is 4.49. The molecule has 0 radical (unpaired) electrons. The summed E-state index contributed by atoms with van der Waals surface area (Å²) in [7, 11) is 3.21. The summed E-state index contributed by atoms with van der Waals surface area (Å²) in [6.07, 6.45) is 0.636. The summed E-state index contributed by atoms with van der Waals surface area (Å²) in [4.78, 5) is 33.1. The molecule has 0 N–H and O–H groups in total. The van der Waals surface area contributed by atoms with Gasteiger partial charge in [0.25, 0.3) is 5.91 Å². The molecule has 2 heterocycles. The molecule has 1 aliphatic heterocycles. The van der Waals surface area contributed by atoms with Crippen molar-refractivity contribution in [2.45, 2.75) is 33.7 Å². The van der Waals surface area contributed by atoms with Crippen LogP contribution < -0.4 is 18.9 Å². The van der Waals surface area contributed by atoms with E-state index in [4.69, 9.17) is 18.9 Å². The zero-order valence-electron chi connectivity index (χ0n) is 23.2. The van der Waals surface area contributed by atoms with Gasteiger partial charge in [0.1, 0.15) is 6.54 Å². The molecule has 0 atom stereocenters. The van der Waals surface area contributed by atoms with Gasteiger partial charge in [0, 0.05) is 28.4 Å². The molecule has 0 aliphatic carbocycles. The van der Waals surface area contributed by atoms with Crippen LogP contribution in [0.15, 0.2) is 48.5 Å². The van der Waals surface area contributed by atoms with E-state index >= 15 is 0 Å². The monoisotopic (exact) mass is 552 g/mol. The van der Waals surface area contributed by atoms with E-state index in [0.29, 0.717) is 54.6 Å². The van der Waals surface area contributed by atoms with Crippen LogP contribution in [0, 0.1) is 12.8 Å². The SMILES string of the molecule is COc1ccc(CCN(Cc2ccc(C)s2)C(=O)CN(CC(C)C)C(=O)c2ccc3c(c2)OCO3)cc1OC. The first-order chi connectivity index (χ1) is 18.8. The second-order valence-electron chi connectivity index (χ2n) is 9.91. The molecule has 1 aliphatic rings. The first-order valence-corrected chi connectivity index (χ1v) is 13.8. The van der Waals surface area contributed by atoms with Crippen molar-refractivity contribution in [3.63, 3.8) is 0 Å². The van der Waals surface area contributed by atoms with Crippen LogP contribution in [-0.4, -0.2) is 62.3 Å². The molecule has 0 fully saturated rings. The molecule has 2 amide bonds. The Hall–Kier alpha value is -3.72. The van der Waals surface area contributed by atoms with E-state index < -0.39 is 0 Å². The van der Waals surface area contributed by atoms with E-state index in [1.54, 1.807) is 48.7 Å². The van der Waals surface area contributed by atoms with E-state index in [9.17, 15) is 9.59 Å². The highest BCUT2D eigenvalue weighted by atomic mass is 32.1. The van der Waals surface area contributed by atoms with Crippen molar-refractivity contribution in [3.05, 3.63) is 69.4 Å². The standard InChI is InChI=1S/C30H36N2O6S/c1-20(2)16-32(30(34)23-8-11-26-28(15-23)38-19-37-26)18-29(33)31(17-24-9-6-21(3)39-24)13-12-22-7-10-25(35-4)27(14-22)36-5/h6-11,14-15,20H,12-13,16-19H2,1-5H3. The maximum Gasteiger partial charge on any atom is 0.254 e. The van der Waals surface area contributed by atoms with E-state index in [1.165, 1.54) is 4.88 Å². The minimum atomic E-state index is -0.206. The highest BCUT2D eigenvalue weighted by Gasteiger charge is 2.25. The quantitative estimate of drug-likeness (QED) is 0.309. The summed E-state index contributed by atoms with van der Waals surface area (Å²) in [5, 5.41) is 0. The number of carbonyl (C=O) groups excluding carboxylic acids is 2. The van der Waals surface area contributed by atoms with Gasteiger partial charge in [0.05, 0.1) is 20.8 Å². The van der Waals surface area contributed by atoms with Gasteiger partial charge < -0.3 is 28.7 Å². The Balaban J connectivity index is 1.52. The molecule has 2 aromatic carbocycles. The van der Waals surface area contributed by atoms with Gasteiger partial charge in [-0.15, -0.1) is 11.3 Å². The molecular formula is C30H36N2O6S. The molecule has 39 heavy (non-hydrogen) atoms. The Morgan fingerprint density at radius 2 is 1.72 bits per heavy atom. The van der Waals surface area contributed by atoms with Crippen molar-refractivity contribution < 1.29 is 28.5 Å². The Morgan fingerprint density at radius 3 is 2.41 bits per heavy atom. The van der Waals surface area contributed by atoms with Crippen molar-refractivity contribution in [2.75, 3.05) is 40.6 Å². The summed E-state index contributed by atoms with van der Waals surface area (Å²) >= 11 is 1.67. The lowest BCUT2D eigenvalue weighted by Crippen LogP contribution is -2.44. The number of aryl methyl sites for hydroxylation is 1. The third-order valence-electron chi connectivity index (χ3n) is 6.43. The van der Waals surface area contributed by atoms with Crippen LogP contribution in [0.1, 0.15) is 39.5 Å². The van der Waals surface area contributed by atoms with Crippen LogP contribution in [0.3, 0.4) is 0 Å². The number of fused-ring (bicyclic) bond motifs is 1. The smallest absolute Gasteiger partial charge is 0.254 e. The van der Waals surface area contributed by atoms with Crippen LogP contribution in [0.5, 0.6) is 23.0 Å². The molecular weight excluding hydrogens is 516 g/mol. The van der Waals surface area contributed by atoms with Crippen LogP contribution in [0.2, 0.25) is 0 Å². The Bertz CT molecular complexity index is 1300. The third-order valence-corrected chi connectivity index (χ3v) is 7.42. The zero-order chi connectivity index (χ0) is 27.9. The van der Waals surface area contributed by atoms with E-state index in [0.717, 1.165) is 10.4 Å². The third kappa shape index (κ3) is 7.23. The molecule has 0 saturated heterocycles. The number of hydrogen-bond acceptors (Lipinski definition) is 7. The summed E-state index contributed by atoms with van der Waals surface area (Å²) in [5.74, 6) is 2.36. The van der Waals surface area contributed by atoms with Gasteiger partial charge in [-0.1, -0.05) is 19.9 Å². The van der Waals surface area contributed by atoms with Crippen LogP contribution in [0.4, 0.5) is 0 Å². The van der Waals surface area contributed by atoms with Gasteiger partial charge in [0.15, 0.2) is 23.0 Å². The van der Waals surface area contributed by atoms with Crippen LogP contribution >= 0.6 is 11.3 Å².